The number of aromatic amines is 1. The van der Waals surface area contributed by atoms with Crippen molar-refractivity contribution in [1.82, 2.24) is 15.3 Å². The van der Waals surface area contributed by atoms with Crippen molar-refractivity contribution >= 4 is 22.8 Å². The van der Waals surface area contributed by atoms with E-state index in [9.17, 15) is 0 Å². The number of fused-ring (bicyclic) bond motifs is 1. The molecule has 0 aliphatic carbocycles. The fourth-order valence-corrected chi connectivity index (χ4v) is 2.78. The number of aromatic nitrogens is 2. The van der Waals surface area contributed by atoms with Crippen molar-refractivity contribution in [1.29, 1.82) is 0 Å². The first kappa shape index (κ1) is 14.2. The second kappa shape index (κ2) is 6.82. The van der Waals surface area contributed by atoms with Crippen LogP contribution in [0.4, 0.5) is 0 Å². The molecule has 1 aromatic heterocycles. The van der Waals surface area contributed by atoms with E-state index in [0.29, 0.717) is 12.6 Å². The lowest BCUT2D eigenvalue weighted by Crippen LogP contribution is -2.21. The second-order valence-corrected chi connectivity index (χ2v) is 5.56. The Bertz CT molecular complexity index is 526. The van der Waals surface area contributed by atoms with E-state index >= 15 is 0 Å². The van der Waals surface area contributed by atoms with Gasteiger partial charge in [0, 0.05) is 17.9 Å². The zero-order valence-corrected chi connectivity index (χ0v) is 12.5. The summed E-state index contributed by atoms with van der Waals surface area (Å²) < 4.78 is 5.49. The standard InChI is InChI=1S/C14H21N3OS/c1-4-18-11-5-6-12-13(9-11)17-14(16-12)19-8-7-10(2)15-3/h5-6,9-10,15H,4,7-8H2,1-3H3,(H,16,17). The molecule has 1 unspecified atom stereocenters. The van der Waals surface area contributed by atoms with Gasteiger partial charge in [-0.2, -0.15) is 0 Å². The van der Waals surface area contributed by atoms with Crippen LogP contribution in [0.25, 0.3) is 11.0 Å². The smallest absolute Gasteiger partial charge is 0.166 e. The molecule has 2 rings (SSSR count). The topological polar surface area (TPSA) is 49.9 Å². The molecule has 1 aromatic carbocycles. The zero-order chi connectivity index (χ0) is 13.7. The highest BCUT2D eigenvalue weighted by atomic mass is 32.2. The van der Waals surface area contributed by atoms with Gasteiger partial charge >= 0.3 is 0 Å². The molecule has 4 nitrogen and oxygen atoms in total. The van der Waals surface area contributed by atoms with Crippen molar-refractivity contribution in [2.45, 2.75) is 31.5 Å². The van der Waals surface area contributed by atoms with Crippen molar-refractivity contribution in [2.75, 3.05) is 19.4 Å². The van der Waals surface area contributed by atoms with Crippen LogP contribution in [-0.4, -0.2) is 35.4 Å². The van der Waals surface area contributed by atoms with Crippen LogP contribution in [0.2, 0.25) is 0 Å². The summed E-state index contributed by atoms with van der Waals surface area (Å²) in [4.78, 5) is 7.91. The van der Waals surface area contributed by atoms with Crippen molar-refractivity contribution in [2.24, 2.45) is 0 Å². The number of H-pyrrole nitrogens is 1. The Morgan fingerprint density at radius 2 is 2.32 bits per heavy atom. The van der Waals surface area contributed by atoms with Crippen LogP contribution < -0.4 is 10.1 Å². The van der Waals surface area contributed by atoms with Crippen molar-refractivity contribution < 1.29 is 4.74 Å². The average molecular weight is 279 g/mol. The predicted octanol–water partition coefficient (Wildman–Crippen LogP) is 3.05. The fraction of sp³-hybridized carbons (Fsp3) is 0.500. The normalized spacial score (nSPS) is 12.8. The van der Waals surface area contributed by atoms with E-state index in [4.69, 9.17) is 4.74 Å². The van der Waals surface area contributed by atoms with Crippen LogP contribution in [0.5, 0.6) is 5.75 Å². The van der Waals surface area contributed by atoms with Crippen LogP contribution in [-0.2, 0) is 0 Å². The van der Waals surface area contributed by atoms with E-state index in [1.807, 2.05) is 32.2 Å². The molecule has 0 saturated heterocycles. The molecule has 1 atom stereocenters. The molecule has 19 heavy (non-hydrogen) atoms. The second-order valence-electron chi connectivity index (χ2n) is 4.48. The monoisotopic (exact) mass is 279 g/mol. The number of hydrogen-bond donors (Lipinski definition) is 2. The van der Waals surface area contributed by atoms with Gasteiger partial charge in [-0.25, -0.2) is 4.98 Å². The van der Waals surface area contributed by atoms with Crippen LogP contribution in [0, 0.1) is 0 Å². The highest BCUT2D eigenvalue weighted by Gasteiger charge is 2.05. The van der Waals surface area contributed by atoms with Crippen molar-refractivity contribution in [3.05, 3.63) is 18.2 Å². The minimum Gasteiger partial charge on any atom is -0.494 e. The molecule has 1 heterocycles. The van der Waals surface area contributed by atoms with E-state index < -0.39 is 0 Å². The summed E-state index contributed by atoms with van der Waals surface area (Å²) in [6, 6.07) is 6.51. The first-order valence-corrected chi connectivity index (χ1v) is 7.64. The van der Waals surface area contributed by atoms with Gasteiger partial charge in [0.1, 0.15) is 5.75 Å². The highest BCUT2D eigenvalue weighted by molar-refractivity contribution is 7.99. The van der Waals surface area contributed by atoms with E-state index in [1.165, 1.54) is 0 Å². The lowest BCUT2D eigenvalue weighted by atomic mass is 10.3. The number of nitrogens with one attached hydrogen (secondary N) is 2. The molecule has 2 aromatic rings. The van der Waals surface area contributed by atoms with Gasteiger partial charge in [0.2, 0.25) is 0 Å². The molecule has 104 valence electrons. The van der Waals surface area contributed by atoms with E-state index in [0.717, 1.165) is 34.1 Å². The third-order valence-corrected chi connectivity index (χ3v) is 3.93. The molecule has 0 aliphatic rings. The minimum atomic E-state index is 0.543. The molecule has 0 amide bonds. The fourth-order valence-electron chi connectivity index (χ4n) is 1.77. The minimum absolute atomic E-state index is 0.543. The van der Waals surface area contributed by atoms with Crippen LogP contribution >= 0.6 is 11.8 Å². The average Bonchev–Trinajstić information content (AvgIpc) is 2.80. The number of benzene rings is 1. The molecule has 0 saturated carbocycles. The Labute approximate surface area is 118 Å². The molecule has 5 heteroatoms. The summed E-state index contributed by atoms with van der Waals surface area (Å²) in [6.07, 6.45) is 1.13. The number of nitrogens with zero attached hydrogens (tertiary/aromatic N) is 1. The molecule has 2 N–H and O–H groups in total. The molecule has 0 fully saturated rings. The number of imidazole rings is 1. The lowest BCUT2D eigenvalue weighted by molar-refractivity contribution is 0.340. The first-order chi connectivity index (χ1) is 9.22. The van der Waals surface area contributed by atoms with Crippen molar-refractivity contribution in [3.8, 4) is 5.75 Å². The van der Waals surface area contributed by atoms with Gasteiger partial charge in [-0.1, -0.05) is 11.8 Å². The third-order valence-electron chi connectivity index (χ3n) is 3.03. The first-order valence-electron chi connectivity index (χ1n) is 6.65. The number of ether oxygens (including phenoxy) is 1. The van der Waals surface area contributed by atoms with Crippen LogP contribution in [0.15, 0.2) is 23.4 Å². The molecule has 0 spiro atoms. The maximum Gasteiger partial charge on any atom is 0.166 e. The van der Waals surface area contributed by atoms with Crippen molar-refractivity contribution in [3.63, 3.8) is 0 Å². The van der Waals surface area contributed by atoms with Gasteiger partial charge in [0.15, 0.2) is 5.16 Å². The Kier molecular flexibility index (Phi) is 5.10. The van der Waals surface area contributed by atoms with E-state index in [2.05, 4.69) is 22.2 Å². The molecular weight excluding hydrogens is 258 g/mol. The van der Waals surface area contributed by atoms with Crippen LogP contribution in [0.3, 0.4) is 0 Å². The summed E-state index contributed by atoms with van der Waals surface area (Å²) >= 11 is 1.76. The summed E-state index contributed by atoms with van der Waals surface area (Å²) in [5.41, 5.74) is 2.03. The van der Waals surface area contributed by atoms with Crippen LogP contribution in [0.1, 0.15) is 20.3 Å². The molecule has 0 bridgehead atoms. The predicted molar refractivity (Wildman–Crippen MR) is 81.1 cm³/mol. The van der Waals surface area contributed by atoms with Gasteiger partial charge in [-0.3, -0.25) is 0 Å². The Hall–Kier alpha value is -1.20. The van der Waals surface area contributed by atoms with Gasteiger partial charge in [-0.05, 0) is 39.4 Å². The number of hydrogen-bond acceptors (Lipinski definition) is 4. The Morgan fingerprint density at radius 1 is 1.47 bits per heavy atom. The maximum atomic E-state index is 5.49. The van der Waals surface area contributed by atoms with Gasteiger partial charge in [0.25, 0.3) is 0 Å². The highest BCUT2D eigenvalue weighted by Crippen LogP contribution is 2.23. The van der Waals surface area contributed by atoms with Gasteiger partial charge < -0.3 is 15.0 Å². The molecule has 0 aliphatic heterocycles. The van der Waals surface area contributed by atoms with Gasteiger partial charge in [-0.15, -0.1) is 0 Å². The lowest BCUT2D eigenvalue weighted by Gasteiger charge is -2.07. The largest absolute Gasteiger partial charge is 0.494 e. The summed E-state index contributed by atoms with van der Waals surface area (Å²) in [6.45, 7) is 4.86. The summed E-state index contributed by atoms with van der Waals surface area (Å²) in [5.74, 6) is 1.94. The quantitative estimate of drug-likeness (QED) is 0.765. The summed E-state index contributed by atoms with van der Waals surface area (Å²) in [5, 5.41) is 4.22. The molecular formula is C14H21N3OS. The molecule has 0 radical (unpaired) electrons. The summed E-state index contributed by atoms with van der Waals surface area (Å²) in [7, 11) is 1.99. The third kappa shape index (κ3) is 3.88. The Morgan fingerprint density at radius 3 is 3.05 bits per heavy atom. The van der Waals surface area contributed by atoms with Gasteiger partial charge in [0.05, 0.1) is 17.6 Å². The Balaban J connectivity index is 2.00. The number of thioether (sulfide) groups is 1. The van der Waals surface area contributed by atoms with E-state index in [-0.39, 0.29) is 0 Å². The number of rotatable bonds is 7. The zero-order valence-electron chi connectivity index (χ0n) is 11.7. The maximum absolute atomic E-state index is 5.49. The SMILES string of the molecule is CCOc1ccc2nc(SCCC(C)NC)[nH]c2c1. The van der Waals surface area contributed by atoms with E-state index in [1.54, 1.807) is 11.8 Å².